The molecule has 0 unspecified atom stereocenters. The van der Waals surface area contributed by atoms with Crippen molar-refractivity contribution in [1.82, 2.24) is 0 Å². The summed E-state index contributed by atoms with van der Waals surface area (Å²) in [7, 11) is -6.02. The van der Waals surface area contributed by atoms with E-state index in [1.54, 1.807) is 12.1 Å². The number of rotatable bonds is 6. The van der Waals surface area contributed by atoms with E-state index in [1.165, 1.54) is 31.7 Å². The fourth-order valence-electron chi connectivity index (χ4n) is 4.88. The van der Waals surface area contributed by atoms with Gasteiger partial charge in [0, 0.05) is 10.9 Å². The minimum Gasteiger partial charge on any atom is -0.373 e. The van der Waals surface area contributed by atoms with Crippen molar-refractivity contribution < 1.29 is 34.6 Å². The molecule has 1 saturated carbocycles. The average Bonchev–Trinajstić information content (AvgIpc) is 2.80. The molecule has 9 heteroatoms. The quantitative estimate of drug-likeness (QED) is 0.190. The molecule has 0 aromatic heterocycles. The van der Waals surface area contributed by atoms with Crippen LogP contribution in [0.15, 0.2) is 48.5 Å². The molecular formula is C26H25F5O3S. The van der Waals surface area contributed by atoms with Crippen LogP contribution in [0.4, 0.5) is 22.0 Å². The lowest BCUT2D eigenvalue weighted by Gasteiger charge is -2.28. The summed E-state index contributed by atoms with van der Waals surface area (Å²) in [5, 5.41) is 1.04. The molecule has 1 aliphatic carbocycles. The SMILES string of the molecule is CCCC1CCC(c2ccc3c(F)c(-c4ccc(OS(=O)(=O)C(F)(F)F)c(F)c4)ccc3c2)CC1. The summed E-state index contributed by atoms with van der Waals surface area (Å²) in [6.07, 6.45) is 7.05. The Morgan fingerprint density at radius 1 is 0.943 bits per heavy atom. The molecule has 3 aromatic rings. The predicted octanol–water partition coefficient (Wildman–Crippen LogP) is 8.09. The number of hydrogen-bond acceptors (Lipinski definition) is 3. The van der Waals surface area contributed by atoms with Crippen molar-refractivity contribution in [2.75, 3.05) is 0 Å². The molecule has 0 heterocycles. The van der Waals surface area contributed by atoms with Crippen molar-refractivity contribution in [3.63, 3.8) is 0 Å². The summed E-state index contributed by atoms with van der Waals surface area (Å²) in [5.41, 5.74) is -4.46. The maximum atomic E-state index is 15.3. The van der Waals surface area contributed by atoms with Crippen molar-refractivity contribution in [3.8, 4) is 16.9 Å². The molecule has 0 aliphatic heterocycles. The highest BCUT2D eigenvalue weighted by Gasteiger charge is 2.48. The van der Waals surface area contributed by atoms with Gasteiger partial charge in [0.2, 0.25) is 0 Å². The highest BCUT2D eigenvalue weighted by Crippen LogP contribution is 2.39. The Balaban J connectivity index is 1.58. The standard InChI is InChI=1S/C26H25F5O3S/c1-2-3-16-4-6-17(7-5-16)18-8-11-21-19(14-18)9-12-22(25(21)28)20-10-13-24(23(27)15-20)34-35(32,33)26(29,30)31/h8-17H,2-7H2,1H3. The lowest BCUT2D eigenvalue weighted by molar-refractivity contribution is -0.0500. The zero-order chi connectivity index (χ0) is 25.4. The third-order valence-electron chi connectivity index (χ3n) is 6.72. The number of fused-ring (bicyclic) bond motifs is 1. The summed E-state index contributed by atoms with van der Waals surface area (Å²) >= 11 is 0. The van der Waals surface area contributed by atoms with Gasteiger partial charge in [0.1, 0.15) is 5.82 Å². The smallest absolute Gasteiger partial charge is 0.373 e. The van der Waals surface area contributed by atoms with Crippen LogP contribution in [0, 0.1) is 17.6 Å². The molecule has 1 fully saturated rings. The summed E-state index contributed by atoms with van der Waals surface area (Å²) < 4.78 is 93.3. The Hall–Kier alpha value is -2.68. The molecule has 3 nitrogen and oxygen atoms in total. The van der Waals surface area contributed by atoms with E-state index in [0.29, 0.717) is 16.7 Å². The van der Waals surface area contributed by atoms with Crippen LogP contribution < -0.4 is 4.18 Å². The molecule has 4 rings (SSSR count). The fraction of sp³-hybridized carbons (Fsp3) is 0.385. The topological polar surface area (TPSA) is 43.4 Å². The Morgan fingerprint density at radius 2 is 1.66 bits per heavy atom. The zero-order valence-electron chi connectivity index (χ0n) is 19.0. The molecule has 3 aromatic carbocycles. The van der Waals surface area contributed by atoms with Crippen molar-refractivity contribution in [2.24, 2.45) is 5.92 Å². The monoisotopic (exact) mass is 512 g/mol. The van der Waals surface area contributed by atoms with Crippen LogP contribution in [0.1, 0.15) is 56.9 Å². The first-order valence-electron chi connectivity index (χ1n) is 11.5. The first kappa shape index (κ1) is 25.4. The highest BCUT2D eigenvalue weighted by atomic mass is 32.2. The zero-order valence-corrected chi connectivity index (χ0v) is 19.9. The van der Waals surface area contributed by atoms with Gasteiger partial charge < -0.3 is 4.18 Å². The van der Waals surface area contributed by atoms with E-state index in [1.807, 2.05) is 12.1 Å². The maximum Gasteiger partial charge on any atom is 0.534 e. The van der Waals surface area contributed by atoms with E-state index in [2.05, 4.69) is 11.1 Å². The second kappa shape index (κ2) is 9.76. The predicted molar refractivity (Wildman–Crippen MR) is 125 cm³/mol. The van der Waals surface area contributed by atoms with Crippen LogP contribution >= 0.6 is 0 Å². The van der Waals surface area contributed by atoms with Gasteiger partial charge >= 0.3 is 15.6 Å². The lowest BCUT2D eigenvalue weighted by Crippen LogP contribution is -2.28. The molecule has 0 N–H and O–H groups in total. The van der Waals surface area contributed by atoms with E-state index >= 15 is 4.39 Å². The fourth-order valence-corrected chi connectivity index (χ4v) is 5.35. The third kappa shape index (κ3) is 5.29. The van der Waals surface area contributed by atoms with E-state index in [4.69, 9.17) is 0 Å². The van der Waals surface area contributed by atoms with Gasteiger partial charge in [0.25, 0.3) is 0 Å². The molecule has 188 valence electrons. The Bertz CT molecular complexity index is 1330. The first-order chi connectivity index (χ1) is 16.5. The number of hydrogen-bond donors (Lipinski definition) is 0. The molecule has 0 radical (unpaired) electrons. The molecule has 0 saturated heterocycles. The van der Waals surface area contributed by atoms with E-state index in [9.17, 15) is 26.0 Å². The normalized spacial score (nSPS) is 19.1. The lowest BCUT2D eigenvalue weighted by atomic mass is 9.77. The van der Waals surface area contributed by atoms with Crippen molar-refractivity contribution in [2.45, 2.75) is 56.9 Å². The molecular weight excluding hydrogens is 487 g/mol. The second-order valence-electron chi connectivity index (χ2n) is 9.04. The van der Waals surface area contributed by atoms with Gasteiger partial charge in [-0.2, -0.15) is 21.6 Å². The van der Waals surface area contributed by atoms with Crippen LogP contribution in [-0.2, 0) is 10.1 Å². The van der Waals surface area contributed by atoms with Crippen LogP contribution in [0.5, 0.6) is 5.75 Å². The van der Waals surface area contributed by atoms with Gasteiger partial charge in [0.05, 0.1) is 0 Å². The third-order valence-corrected chi connectivity index (χ3v) is 7.68. The maximum absolute atomic E-state index is 15.3. The largest absolute Gasteiger partial charge is 0.534 e. The highest BCUT2D eigenvalue weighted by molar-refractivity contribution is 7.88. The Kier molecular flexibility index (Phi) is 7.09. The van der Waals surface area contributed by atoms with E-state index in [0.717, 1.165) is 42.5 Å². The Labute approximate surface area is 201 Å². The van der Waals surface area contributed by atoms with Crippen LogP contribution in [0.25, 0.3) is 21.9 Å². The minimum absolute atomic E-state index is 0.0365. The van der Waals surface area contributed by atoms with Crippen LogP contribution in [-0.4, -0.2) is 13.9 Å². The van der Waals surface area contributed by atoms with Gasteiger partial charge in [0.15, 0.2) is 11.6 Å². The van der Waals surface area contributed by atoms with Gasteiger partial charge in [-0.1, -0.05) is 56.2 Å². The van der Waals surface area contributed by atoms with E-state index in [-0.39, 0.29) is 11.1 Å². The van der Waals surface area contributed by atoms with Gasteiger partial charge in [-0.25, -0.2) is 8.78 Å². The minimum atomic E-state index is -6.02. The van der Waals surface area contributed by atoms with E-state index < -0.39 is 33.0 Å². The summed E-state index contributed by atoms with van der Waals surface area (Å²) in [4.78, 5) is 0. The van der Waals surface area contributed by atoms with Crippen molar-refractivity contribution in [3.05, 3.63) is 65.7 Å². The molecule has 0 bridgehead atoms. The van der Waals surface area contributed by atoms with Gasteiger partial charge in [-0.05, 0) is 66.2 Å². The summed E-state index contributed by atoms with van der Waals surface area (Å²) in [6, 6.07) is 11.4. The van der Waals surface area contributed by atoms with Gasteiger partial charge in [-0.15, -0.1) is 0 Å². The molecule has 0 atom stereocenters. The Morgan fingerprint density at radius 3 is 2.29 bits per heavy atom. The number of halogens is 5. The number of benzene rings is 3. The molecule has 1 aliphatic rings. The molecule has 35 heavy (non-hydrogen) atoms. The summed E-state index contributed by atoms with van der Waals surface area (Å²) in [5.74, 6) is -1.86. The molecule has 0 spiro atoms. The van der Waals surface area contributed by atoms with Crippen LogP contribution in [0.2, 0.25) is 0 Å². The number of alkyl halides is 3. The summed E-state index contributed by atoms with van der Waals surface area (Å²) in [6.45, 7) is 2.20. The molecule has 0 amide bonds. The van der Waals surface area contributed by atoms with Crippen molar-refractivity contribution >= 4 is 20.9 Å². The van der Waals surface area contributed by atoms with Gasteiger partial charge in [-0.3, -0.25) is 0 Å². The average molecular weight is 513 g/mol. The second-order valence-corrected chi connectivity index (χ2v) is 10.6. The first-order valence-corrected chi connectivity index (χ1v) is 12.9. The van der Waals surface area contributed by atoms with Crippen LogP contribution in [0.3, 0.4) is 0 Å². The van der Waals surface area contributed by atoms with Crippen molar-refractivity contribution in [1.29, 1.82) is 0 Å².